The Morgan fingerprint density at radius 1 is 0.943 bits per heavy atom. The van der Waals surface area contributed by atoms with E-state index in [0.29, 0.717) is 35.6 Å². The number of aromatic nitrogens is 1. The first-order valence-corrected chi connectivity index (χ1v) is 12.4. The summed E-state index contributed by atoms with van der Waals surface area (Å²) in [6.07, 6.45) is 11.5. The Kier molecular flexibility index (Phi) is 10.1. The van der Waals surface area contributed by atoms with E-state index >= 15 is 0 Å². The van der Waals surface area contributed by atoms with Crippen molar-refractivity contribution in [3.63, 3.8) is 0 Å². The van der Waals surface area contributed by atoms with Crippen molar-refractivity contribution in [1.29, 1.82) is 0 Å². The SMILES string of the molecule is C=CC(=O)OCCCCCCCCCCOc1ccnc2oc(=O)c(-c3cc(C)cc(C)c3)cc12. The summed E-state index contributed by atoms with van der Waals surface area (Å²) in [7, 11) is 0. The third-order valence-corrected chi connectivity index (χ3v) is 5.85. The van der Waals surface area contributed by atoms with Crippen LogP contribution in [0.2, 0.25) is 0 Å². The van der Waals surface area contributed by atoms with Gasteiger partial charge in [0.2, 0.25) is 5.71 Å². The van der Waals surface area contributed by atoms with E-state index in [1.54, 1.807) is 6.20 Å². The number of fused-ring (bicyclic) bond motifs is 1. The van der Waals surface area contributed by atoms with E-state index in [0.717, 1.165) is 55.2 Å². The van der Waals surface area contributed by atoms with E-state index in [9.17, 15) is 9.59 Å². The van der Waals surface area contributed by atoms with Crippen LogP contribution in [-0.2, 0) is 9.53 Å². The normalized spacial score (nSPS) is 10.9. The lowest BCUT2D eigenvalue weighted by atomic mass is 10.0. The molecule has 0 spiro atoms. The van der Waals surface area contributed by atoms with Crippen molar-refractivity contribution >= 4 is 17.1 Å². The summed E-state index contributed by atoms with van der Waals surface area (Å²) in [6, 6.07) is 9.70. The number of carbonyl (C=O) groups is 1. The highest BCUT2D eigenvalue weighted by molar-refractivity contribution is 5.84. The summed E-state index contributed by atoms with van der Waals surface area (Å²) in [5.41, 5.74) is 3.43. The number of hydrogen-bond acceptors (Lipinski definition) is 6. The molecular weight excluding hydrogens is 442 g/mol. The molecule has 0 aliphatic rings. The molecule has 2 aromatic heterocycles. The van der Waals surface area contributed by atoms with Crippen LogP contribution in [0, 0.1) is 13.8 Å². The Morgan fingerprint density at radius 2 is 1.57 bits per heavy atom. The fraction of sp³-hybridized carbons (Fsp3) is 0.414. The molecule has 186 valence electrons. The zero-order valence-corrected chi connectivity index (χ0v) is 20.8. The van der Waals surface area contributed by atoms with Crippen molar-refractivity contribution in [3.8, 4) is 16.9 Å². The summed E-state index contributed by atoms with van der Waals surface area (Å²) in [6.45, 7) is 8.49. The number of esters is 1. The average molecular weight is 478 g/mol. The number of hydrogen-bond donors (Lipinski definition) is 0. The highest BCUT2D eigenvalue weighted by atomic mass is 16.5. The second-order valence-electron chi connectivity index (χ2n) is 8.90. The molecule has 1 aromatic carbocycles. The number of rotatable bonds is 14. The Hall–Kier alpha value is -3.41. The second-order valence-corrected chi connectivity index (χ2v) is 8.90. The highest BCUT2D eigenvalue weighted by Crippen LogP contribution is 2.28. The van der Waals surface area contributed by atoms with Gasteiger partial charge < -0.3 is 13.9 Å². The smallest absolute Gasteiger partial charge is 0.345 e. The van der Waals surface area contributed by atoms with Crippen molar-refractivity contribution in [2.75, 3.05) is 13.2 Å². The van der Waals surface area contributed by atoms with Gasteiger partial charge in [0, 0.05) is 12.3 Å². The van der Waals surface area contributed by atoms with Gasteiger partial charge in [-0.2, -0.15) is 0 Å². The maximum absolute atomic E-state index is 12.6. The van der Waals surface area contributed by atoms with E-state index in [1.807, 2.05) is 38.1 Å². The minimum Gasteiger partial charge on any atom is -0.493 e. The predicted octanol–water partition coefficient (Wildman–Crippen LogP) is 6.70. The maximum atomic E-state index is 12.6. The van der Waals surface area contributed by atoms with Gasteiger partial charge >= 0.3 is 11.6 Å². The van der Waals surface area contributed by atoms with Crippen LogP contribution in [0.5, 0.6) is 5.75 Å². The second kappa shape index (κ2) is 13.5. The summed E-state index contributed by atoms with van der Waals surface area (Å²) in [5.74, 6) is 0.333. The van der Waals surface area contributed by atoms with Crippen LogP contribution in [0.4, 0.5) is 0 Å². The van der Waals surface area contributed by atoms with Gasteiger partial charge in [-0.25, -0.2) is 14.6 Å². The minimum atomic E-state index is -0.398. The molecule has 35 heavy (non-hydrogen) atoms. The molecule has 0 aliphatic heterocycles. The van der Waals surface area contributed by atoms with Gasteiger partial charge in [-0.1, -0.05) is 74.4 Å². The topological polar surface area (TPSA) is 78.6 Å². The number of benzene rings is 1. The van der Waals surface area contributed by atoms with Crippen molar-refractivity contribution in [1.82, 2.24) is 4.98 Å². The monoisotopic (exact) mass is 477 g/mol. The van der Waals surface area contributed by atoms with Gasteiger partial charge in [-0.05, 0) is 44.4 Å². The standard InChI is InChI=1S/C29H35NO5/c1-4-27(31)34-16-12-10-8-6-5-7-9-11-15-33-26-13-14-30-28-25(26)20-24(29(32)35-28)23-18-21(2)17-22(3)19-23/h4,13-14,17-20H,1,5-12,15-16H2,2-3H3. The molecule has 0 saturated carbocycles. The van der Waals surface area contributed by atoms with Crippen LogP contribution in [0.25, 0.3) is 22.2 Å². The Balaban J connectivity index is 1.45. The Bertz CT molecular complexity index is 1180. The lowest BCUT2D eigenvalue weighted by molar-refractivity contribution is -0.137. The summed E-state index contributed by atoms with van der Waals surface area (Å²) in [4.78, 5) is 27.8. The molecular formula is C29H35NO5. The molecule has 0 fully saturated rings. The molecule has 3 aromatic rings. The fourth-order valence-electron chi connectivity index (χ4n) is 4.13. The van der Waals surface area contributed by atoms with Gasteiger partial charge in [-0.15, -0.1) is 0 Å². The molecule has 0 aliphatic carbocycles. The highest BCUT2D eigenvalue weighted by Gasteiger charge is 2.13. The quantitative estimate of drug-likeness (QED) is 0.146. The summed E-state index contributed by atoms with van der Waals surface area (Å²) < 4.78 is 16.5. The molecule has 2 heterocycles. The van der Waals surface area contributed by atoms with Gasteiger partial charge in [0.1, 0.15) is 5.75 Å². The third-order valence-electron chi connectivity index (χ3n) is 5.85. The van der Waals surface area contributed by atoms with Crippen molar-refractivity contribution in [3.05, 3.63) is 70.7 Å². The molecule has 0 saturated heterocycles. The molecule has 6 heteroatoms. The maximum Gasteiger partial charge on any atom is 0.345 e. The molecule has 0 bridgehead atoms. The molecule has 6 nitrogen and oxygen atoms in total. The summed E-state index contributed by atoms with van der Waals surface area (Å²) >= 11 is 0. The van der Waals surface area contributed by atoms with E-state index in [-0.39, 0.29) is 5.97 Å². The van der Waals surface area contributed by atoms with Crippen molar-refractivity contribution in [2.24, 2.45) is 0 Å². The van der Waals surface area contributed by atoms with Gasteiger partial charge in [0.05, 0.1) is 24.2 Å². The van der Waals surface area contributed by atoms with Crippen LogP contribution < -0.4 is 10.4 Å². The van der Waals surface area contributed by atoms with Crippen LogP contribution in [0.3, 0.4) is 0 Å². The zero-order valence-electron chi connectivity index (χ0n) is 20.8. The Labute approximate surface area is 207 Å². The third kappa shape index (κ3) is 8.09. The van der Waals surface area contributed by atoms with E-state index in [4.69, 9.17) is 13.9 Å². The van der Waals surface area contributed by atoms with E-state index in [1.165, 1.54) is 18.9 Å². The number of pyridine rings is 1. The zero-order chi connectivity index (χ0) is 25.0. The largest absolute Gasteiger partial charge is 0.493 e. The lowest BCUT2D eigenvalue weighted by Crippen LogP contribution is -2.05. The molecule has 0 radical (unpaired) electrons. The van der Waals surface area contributed by atoms with Crippen LogP contribution in [-0.4, -0.2) is 24.2 Å². The van der Waals surface area contributed by atoms with Gasteiger partial charge in [0.15, 0.2) is 0 Å². The number of ether oxygens (including phenoxy) is 2. The first kappa shape index (κ1) is 26.2. The number of carbonyl (C=O) groups excluding carboxylic acids is 1. The average Bonchev–Trinajstić information content (AvgIpc) is 2.83. The predicted molar refractivity (Wildman–Crippen MR) is 139 cm³/mol. The first-order valence-electron chi connectivity index (χ1n) is 12.4. The van der Waals surface area contributed by atoms with Gasteiger partial charge in [0.25, 0.3) is 0 Å². The van der Waals surface area contributed by atoms with Crippen molar-refractivity contribution < 1.29 is 18.7 Å². The molecule has 0 atom stereocenters. The number of aryl methyl sites for hydroxylation is 2. The first-order chi connectivity index (χ1) is 17.0. The van der Waals surface area contributed by atoms with Crippen LogP contribution in [0.15, 0.2) is 58.4 Å². The van der Waals surface area contributed by atoms with Gasteiger partial charge in [-0.3, -0.25) is 0 Å². The van der Waals surface area contributed by atoms with E-state index < -0.39 is 5.63 Å². The molecule has 0 amide bonds. The fourth-order valence-corrected chi connectivity index (χ4v) is 4.13. The lowest BCUT2D eigenvalue weighted by Gasteiger charge is -2.10. The Morgan fingerprint density at radius 3 is 2.23 bits per heavy atom. The minimum absolute atomic E-state index is 0.292. The van der Waals surface area contributed by atoms with Crippen LogP contribution >= 0.6 is 0 Å². The molecule has 0 unspecified atom stereocenters. The number of unbranched alkanes of at least 4 members (excludes halogenated alkanes) is 7. The number of nitrogens with zero attached hydrogens (tertiary/aromatic N) is 1. The molecule has 0 N–H and O–H groups in total. The van der Waals surface area contributed by atoms with Crippen molar-refractivity contribution in [2.45, 2.75) is 65.2 Å². The van der Waals surface area contributed by atoms with E-state index in [2.05, 4.69) is 17.6 Å². The van der Waals surface area contributed by atoms with Crippen LogP contribution in [0.1, 0.15) is 62.5 Å². The summed E-state index contributed by atoms with van der Waals surface area (Å²) in [5, 5.41) is 0.708. The molecule has 3 rings (SSSR count).